The minimum Gasteiger partial charge on any atom is -0.487 e. The van der Waals surface area contributed by atoms with Gasteiger partial charge in [0.2, 0.25) is 10.0 Å². The number of fused-ring (bicyclic) bond motifs is 1. The van der Waals surface area contributed by atoms with Crippen molar-refractivity contribution in [2.24, 2.45) is 5.92 Å². The van der Waals surface area contributed by atoms with Gasteiger partial charge in [-0.05, 0) is 50.2 Å². The van der Waals surface area contributed by atoms with Crippen LogP contribution < -0.4 is 4.74 Å². The first-order valence-electron chi connectivity index (χ1n) is 10.9. The first-order chi connectivity index (χ1) is 15.3. The summed E-state index contributed by atoms with van der Waals surface area (Å²) in [4.78, 5) is 6.47. The van der Waals surface area contributed by atoms with Crippen LogP contribution in [0, 0.1) is 5.92 Å². The van der Waals surface area contributed by atoms with Gasteiger partial charge in [-0.25, -0.2) is 8.42 Å². The van der Waals surface area contributed by atoms with E-state index in [1.54, 1.807) is 31.3 Å². The number of likely N-dealkylation sites (N-methyl/N-ethyl adjacent to an activating group) is 1. The molecule has 2 aromatic rings. The van der Waals surface area contributed by atoms with Gasteiger partial charge < -0.3 is 9.84 Å². The Balaban J connectivity index is 1.97. The molecule has 0 saturated heterocycles. The third kappa shape index (κ3) is 5.56. The molecule has 3 rings (SSSR count). The highest BCUT2D eigenvalue weighted by molar-refractivity contribution is 7.89. The molecule has 0 radical (unpaired) electrons. The molecule has 1 N–H and O–H groups in total. The van der Waals surface area contributed by atoms with Gasteiger partial charge in [0.25, 0.3) is 0 Å². The second-order valence-corrected chi connectivity index (χ2v) is 10.4. The molecule has 1 aromatic heterocycles. The molecule has 0 fully saturated rings. The van der Waals surface area contributed by atoms with Crippen LogP contribution in [0.3, 0.4) is 0 Å². The molecular formula is C24H33N3O4S. The lowest BCUT2D eigenvalue weighted by molar-refractivity contribution is 0.0733. The van der Waals surface area contributed by atoms with Crippen LogP contribution in [-0.2, 0) is 16.6 Å². The van der Waals surface area contributed by atoms with Crippen LogP contribution in [0.25, 0.3) is 6.08 Å². The molecule has 1 aromatic carbocycles. The Bertz CT molecular complexity index is 1030. The van der Waals surface area contributed by atoms with Crippen LogP contribution in [0.1, 0.15) is 31.9 Å². The SMILES string of the molecule is C/C=C/c1ccc2c(c1)O[C@@H](CN(C)Cc1cccnc1)[C@@H](C)CN([C@H](C)CO)S2(=O)=O. The van der Waals surface area contributed by atoms with E-state index in [4.69, 9.17) is 4.74 Å². The van der Waals surface area contributed by atoms with Crippen molar-refractivity contribution >= 4 is 16.1 Å². The number of rotatable bonds is 7. The predicted molar refractivity (Wildman–Crippen MR) is 126 cm³/mol. The highest BCUT2D eigenvalue weighted by Crippen LogP contribution is 2.34. The predicted octanol–water partition coefficient (Wildman–Crippen LogP) is 3.02. The Kier molecular flexibility index (Phi) is 8.05. The number of allylic oxidation sites excluding steroid dienone is 1. The Morgan fingerprint density at radius 2 is 2.16 bits per heavy atom. The number of benzene rings is 1. The van der Waals surface area contributed by atoms with E-state index in [0.29, 0.717) is 18.8 Å². The molecule has 32 heavy (non-hydrogen) atoms. The van der Waals surface area contributed by atoms with Crippen molar-refractivity contribution < 1.29 is 18.3 Å². The number of aliphatic hydroxyl groups is 1. The summed E-state index contributed by atoms with van der Waals surface area (Å²) >= 11 is 0. The number of ether oxygens (including phenoxy) is 1. The molecule has 0 bridgehead atoms. The van der Waals surface area contributed by atoms with Gasteiger partial charge in [0.05, 0.1) is 6.61 Å². The van der Waals surface area contributed by atoms with E-state index in [2.05, 4.69) is 9.88 Å². The largest absolute Gasteiger partial charge is 0.487 e. The topological polar surface area (TPSA) is 83.0 Å². The number of aliphatic hydroxyl groups excluding tert-OH is 1. The minimum atomic E-state index is -3.82. The maximum absolute atomic E-state index is 13.5. The molecule has 2 heterocycles. The molecule has 0 amide bonds. The van der Waals surface area contributed by atoms with Gasteiger partial charge in [0.15, 0.2) is 0 Å². The van der Waals surface area contributed by atoms with Gasteiger partial charge in [0.1, 0.15) is 16.7 Å². The fraction of sp³-hybridized carbons (Fsp3) is 0.458. The molecule has 0 spiro atoms. The number of hydrogen-bond acceptors (Lipinski definition) is 6. The van der Waals surface area contributed by atoms with E-state index in [1.165, 1.54) is 4.31 Å². The summed E-state index contributed by atoms with van der Waals surface area (Å²) in [6.07, 6.45) is 7.17. The maximum Gasteiger partial charge on any atom is 0.247 e. The molecule has 0 saturated carbocycles. The number of sulfonamides is 1. The Morgan fingerprint density at radius 1 is 1.38 bits per heavy atom. The Labute approximate surface area is 191 Å². The third-order valence-corrected chi connectivity index (χ3v) is 7.74. The molecule has 0 aliphatic carbocycles. The smallest absolute Gasteiger partial charge is 0.247 e. The van der Waals surface area contributed by atoms with Gasteiger partial charge in [0, 0.05) is 44.0 Å². The van der Waals surface area contributed by atoms with Gasteiger partial charge in [-0.15, -0.1) is 0 Å². The van der Waals surface area contributed by atoms with Gasteiger partial charge in [-0.2, -0.15) is 4.31 Å². The first-order valence-corrected chi connectivity index (χ1v) is 12.3. The van der Waals surface area contributed by atoms with Crippen molar-refractivity contribution in [1.29, 1.82) is 0 Å². The van der Waals surface area contributed by atoms with Crippen LogP contribution in [0.5, 0.6) is 5.75 Å². The van der Waals surface area contributed by atoms with E-state index in [0.717, 1.165) is 11.1 Å². The monoisotopic (exact) mass is 459 g/mol. The van der Waals surface area contributed by atoms with Crippen LogP contribution in [-0.4, -0.2) is 66.6 Å². The second-order valence-electron chi connectivity index (χ2n) is 8.50. The zero-order valence-electron chi connectivity index (χ0n) is 19.2. The molecule has 1 aliphatic heterocycles. The lowest BCUT2D eigenvalue weighted by atomic mass is 10.0. The summed E-state index contributed by atoms with van der Waals surface area (Å²) in [5.74, 6) is 0.260. The van der Waals surface area contributed by atoms with Crippen LogP contribution in [0.4, 0.5) is 0 Å². The Morgan fingerprint density at radius 3 is 2.81 bits per heavy atom. The summed E-state index contributed by atoms with van der Waals surface area (Å²) in [5.41, 5.74) is 1.97. The number of nitrogens with zero attached hydrogens (tertiary/aromatic N) is 3. The highest BCUT2D eigenvalue weighted by atomic mass is 32.2. The van der Waals surface area contributed by atoms with E-state index in [-0.39, 0.29) is 30.1 Å². The number of aromatic nitrogens is 1. The quantitative estimate of drug-likeness (QED) is 0.685. The summed E-state index contributed by atoms with van der Waals surface area (Å²) < 4.78 is 34.7. The van der Waals surface area contributed by atoms with Crippen molar-refractivity contribution in [2.45, 2.75) is 44.4 Å². The average molecular weight is 460 g/mol. The van der Waals surface area contributed by atoms with E-state index >= 15 is 0 Å². The summed E-state index contributed by atoms with van der Waals surface area (Å²) in [6, 6.07) is 8.57. The maximum atomic E-state index is 13.5. The molecule has 174 valence electrons. The summed E-state index contributed by atoms with van der Waals surface area (Å²) in [5, 5.41) is 9.74. The van der Waals surface area contributed by atoms with Crippen molar-refractivity contribution in [3.8, 4) is 5.75 Å². The highest BCUT2D eigenvalue weighted by Gasteiger charge is 2.38. The van der Waals surface area contributed by atoms with Crippen molar-refractivity contribution in [2.75, 3.05) is 26.7 Å². The van der Waals surface area contributed by atoms with Gasteiger partial charge >= 0.3 is 0 Å². The number of pyridine rings is 1. The number of hydrogen-bond donors (Lipinski definition) is 1. The normalized spacial score (nSPS) is 22.2. The van der Waals surface area contributed by atoms with Crippen molar-refractivity contribution in [3.63, 3.8) is 0 Å². The second kappa shape index (κ2) is 10.6. The summed E-state index contributed by atoms with van der Waals surface area (Å²) in [7, 11) is -1.80. The van der Waals surface area contributed by atoms with E-state index < -0.39 is 16.1 Å². The van der Waals surface area contributed by atoms with Gasteiger partial charge in [-0.1, -0.05) is 31.2 Å². The fourth-order valence-electron chi connectivity index (χ4n) is 3.93. The fourth-order valence-corrected chi connectivity index (χ4v) is 5.76. The molecular weight excluding hydrogens is 426 g/mol. The van der Waals surface area contributed by atoms with Crippen molar-refractivity contribution in [1.82, 2.24) is 14.2 Å². The van der Waals surface area contributed by atoms with Crippen LogP contribution in [0.2, 0.25) is 0 Å². The Hall–Kier alpha value is -2.26. The van der Waals surface area contributed by atoms with Crippen LogP contribution in [0.15, 0.2) is 53.7 Å². The van der Waals surface area contributed by atoms with Gasteiger partial charge in [-0.3, -0.25) is 9.88 Å². The lowest BCUT2D eigenvalue weighted by Gasteiger charge is -2.37. The molecule has 1 aliphatic rings. The standard InChI is InChI=1S/C24H33N3O4S/c1-5-7-20-9-10-24-22(12-20)31-23(16-26(4)15-21-8-6-11-25-13-21)18(2)14-27(19(3)17-28)32(24,29)30/h5-13,18-19,23,28H,14-17H2,1-4H3/b7-5+/t18-,19+,23-/m0/s1. The van der Waals surface area contributed by atoms with Crippen LogP contribution >= 0.6 is 0 Å². The molecule has 3 atom stereocenters. The molecule has 0 unspecified atom stereocenters. The van der Waals surface area contributed by atoms with E-state index in [9.17, 15) is 13.5 Å². The summed E-state index contributed by atoms with van der Waals surface area (Å²) in [6.45, 7) is 6.99. The third-order valence-electron chi connectivity index (χ3n) is 5.72. The zero-order valence-corrected chi connectivity index (χ0v) is 20.0. The molecule has 7 nitrogen and oxygen atoms in total. The molecule has 8 heteroatoms. The average Bonchev–Trinajstić information content (AvgIpc) is 2.76. The minimum absolute atomic E-state index is 0.0892. The van der Waals surface area contributed by atoms with Crippen molar-refractivity contribution in [3.05, 3.63) is 59.9 Å². The first kappa shape index (κ1) is 24.4. The zero-order chi connectivity index (χ0) is 23.3. The van der Waals surface area contributed by atoms with E-state index in [1.807, 2.05) is 51.4 Å². The lowest BCUT2D eigenvalue weighted by Crippen LogP contribution is -2.49.